The molecule has 0 unspecified atom stereocenters. The second-order valence-electron chi connectivity index (χ2n) is 4.68. The van der Waals surface area contributed by atoms with Crippen molar-refractivity contribution in [3.8, 4) is 0 Å². The Hall–Kier alpha value is -1.37. The van der Waals surface area contributed by atoms with Crippen molar-refractivity contribution in [3.63, 3.8) is 0 Å². The molecule has 0 radical (unpaired) electrons. The Morgan fingerprint density at radius 2 is 1.95 bits per heavy atom. The van der Waals surface area contributed by atoms with Gasteiger partial charge in [-0.3, -0.25) is 4.68 Å². The third-order valence-corrected chi connectivity index (χ3v) is 5.08. The summed E-state index contributed by atoms with van der Waals surface area (Å²) >= 11 is 5.81. The summed E-state index contributed by atoms with van der Waals surface area (Å²) in [6.07, 6.45) is 2.00. The first-order valence-electron chi connectivity index (χ1n) is 6.70. The summed E-state index contributed by atoms with van der Waals surface area (Å²) in [7, 11) is -3.52. The fourth-order valence-electron chi connectivity index (χ4n) is 2.07. The van der Waals surface area contributed by atoms with Crippen molar-refractivity contribution in [1.29, 1.82) is 0 Å². The quantitative estimate of drug-likeness (QED) is 0.886. The monoisotopic (exact) mass is 327 g/mol. The van der Waals surface area contributed by atoms with Gasteiger partial charge in [-0.25, -0.2) is 13.1 Å². The number of hydrogen-bond donors (Lipinski definition) is 1. The highest BCUT2D eigenvalue weighted by Gasteiger charge is 2.19. The molecule has 0 aliphatic rings. The molecule has 0 saturated carbocycles. The summed E-state index contributed by atoms with van der Waals surface area (Å²) in [5, 5.41) is 4.73. The Morgan fingerprint density at radius 3 is 2.52 bits per heavy atom. The fourth-order valence-corrected chi connectivity index (χ4v) is 3.40. The lowest BCUT2D eigenvalue weighted by atomic mass is 10.2. The first-order chi connectivity index (χ1) is 9.94. The van der Waals surface area contributed by atoms with Crippen molar-refractivity contribution in [3.05, 3.63) is 46.7 Å². The summed E-state index contributed by atoms with van der Waals surface area (Å²) in [5.74, 6) is 0. The van der Waals surface area contributed by atoms with Gasteiger partial charge >= 0.3 is 0 Å². The van der Waals surface area contributed by atoms with Crippen molar-refractivity contribution >= 4 is 21.6 Å². The largest absolute Gasteiger partial charge is 0.269 e. The maximum Gasteiger partial charge on any atom is 0.243 e. The van der Waals surface area contributed by atoms with E-state index in [0.717, 1.165) is 5.56 Å². The van der Waals surface area contributed by atoms with Crippen LogP contribution in [0.1, 0.15) is 18.2 Å². The number of benzene rings is 1. The van der Waals surface area contributed by atoms with Gasteiger partial charge in [0.25, 0.3) is 0 Å². The third-order valence-electron chi connectivity index (χ3n) is 3.27. The minimum atomic E-state index is -3.52. The lowest BCUT2D eigenvalue weighted by molar-refractivity contribution is 0.579. The molecule has 1 aromatic carbocycles. The second-order valence-corrected chi connectivity index (χ2v) is 6.86. The molecule has 0 amide bonds. The molecule has 5 nitrogen and oxygen atoms in total. The molecule has 0 atom stereocenters. The standard InChI is InChI=1S/C14H18ClN3O2S/c1-3-18-11(2)14(10-16-18)21(19,20)17-9-8-12-4-6-13(15)7-5-12/h4-7,10,17H,3,8-9H2,1-2H3. The zero-order valence-corrected chi connectivity index (χ0v) is 13.6. The van der Waals surface area contributed by atoms with E-state index in [-0.39, 0.29) is 4.90 Å². The highest BCUT2D eigenvalue weighted by molar-refractivity contribution is 7.89. The van der Waals surface area contributed by atoms with E-state index in [1.165, 1.54) is 6.20 Å². The lowest BCUT2D eigenvalue weighted by Crippen LogP contribution is -2.26. The van der Waals surface area contributed by atoms with Gasteiger partial charge in [0.05, 0.1) is 11.9 Å². The number of nitrogens with zero attached hydrogens (tertiary/aromatic N) is 2. The van der Waals surface area contributed by atoms with Gasteiger partial charge in [-0.2, -0.15) is 5.10 Å². The molecule has 0 aliphatic heterocycles. The molecule has 114 valence electrons. The summed E-state index contributed by atoms with van der Waals surface area (Å²) in [6.45, 7) is 4.65. The van der Waals surface area contributed by atoms with Crippen LogP contribution in [-0.2, 0) is 23.0 Å². The number of sulfonamides is 1. The first kappa shape index (κ1) is 16.0. The number of rotatable bonds is 6. The van der Waals surface area contributed by atoms with Crippen LogP contribution >= 0.6 is 11.6 Å². The number of aryl methyl sites for hydroxylation is 1. The van der Waals surface area contributed by atoms with E-state index in [9.17, 15) is 8.42 Å². The van der Waals surface area contributed by atoms with E-state index in [0.29, 0.717) is 30.2 Å². The maximum atomic E-state index is 12.2. The van der Waals surface area contributed by atoms with Crippen LogP contribution in [0, 0.1) is 6.92 Å². The Balaban J connectivity index is 2.01. The molecule has 0 saturated heterocycles. The van der Waals surface area contributed by atoms with Crippen LogP contribution in [0.15, 0.2) is 35.4 Å². The smallest absolute Gasteiger partial charge is 0.243 e. The zero-order chi connectivity index (χ0) is 15.5. The number of aromatic nitrogens is 2. The first-order valence-corrected chi connectivity index (χ1v) is 8.56. The van der Waals surface area contributed by atoms with Gasteiger partial charge in [-0.05, 0) is 38.0 Å². The van der Waals surface area contributed by atoms with Crippen LogP contribution in [0.4, 0.5) is 0 Å². The molecule has 1 heterocycles. The molecule has 0 bridgehead atoms. The molecule has 2 rings (SSSR count). The average molecular weight is 328 g/mol. The van der Waals surface area contributed by atoms with Crippen molar-refractivity contribution in [2.24, 2.45) is 0 Å². The van der Waals surface area contributed by atoms with Gasteiger partial charge in [-0.1, -0.05) is 23.7 Å². The predicted molar refractivity (Wildman–Crippen MR) is 83.0 cm³/mol. The molecule has 21 heavy (non-hydrogen) atoms. The third kappa shape index (κ3) is 3.84. The molecule has 0 aliphatic carbocycles. The Morgan fingerprint density at radius 1 is 1.29 bits per heavy atom. The van der Waals surface area contributed by atoms with Gasteiger partial charge in [0.15, 0.2) is 0 Å². The zero-order valence-electron chi connectivity index (χ0n) is 12.0. The van der Waals surface area contributed by atoms with Crippen LogP contribution in [0.2, 0.25) is 5.02 Å². The lowest BCUT2D eigenvalue weighted by Gasteiger charge is -2.07. The van der Waals surface area contributed by atoms with Crippen LogP contribution in [0.3, 0.4) is 0 Å². The number of halogens is 1. The summed E-state index contributed by atoms with van der Waals surface area (Å²) in [6, 6.07) is 7.36. The van der Waals surface area contributed by atoms with Crippen LogP contribution < -0.4 is 4.72 Å². The molecule has 2 aromatic rings. The van der Waals surface area contributed by atoms with E-state index < -0.39 is 10.0 Å². The molecule has 1 N–H and O–H groups in total. The molecule has 0 fully saturated rings. The van der Waals surface area contributed by atoms with Crippen molar-refractivity contribution in [2.75, 3.05) is 6.54 Å². The molecule has 0 spiro atoms. The summed E-state index contributed by atoms with van der Waals surface area (Å²) in [5.41, 5.74) is 1.68. The normalized spacial score (nSPS) is 11.8. The Bertz CT molecular complexity index is 708. The number of nitrogens with one attached hydrogen (secondary N) is 1. The van der Waals surface area contributed by atoms with E-state index in [1.807, 2.05) is 19.1 Å². The fraction of sp³-hybridized carbons (Fsp3) is 0.357. The van der Waals surface area contributed by atoms with Crippen molar-refractivity contribution < 1.29 is 8.42 Å². The molecular formula is C14H18ClN3O2S. The maximum absolute atomic E-state index is 12.2. The summed E-state index contributed by atoms with van der Waals surface area (Å²) in [4.78, 5) is 0.237. The van der Waals surface area contributed by atoms with Gasteiger partial charge in [-0.15, -0.1) is 0 Å². The SMILES string of the molecule is CCn1ncc(S(=O)(=O)NCCc2ccc(Cl)cc2)c1C. The van der Waals surface area contributed by atoms with Crippen LogP contribution in [0.25, 0.3) is 0 Å². The molecule has 1 aromatic heterocycles. The predicted octanol–water partition coefficient (Wildman–Crippen LogP) is 2.39. The minimum absolute atomic E-state index is 0.237. The highest BCUT2D eigenvalue weighted by Crippen LogP contribution is 2.14. The van der Waals surface area contributed by atoms with Crippen molar-refractivity contribution in [2.45, 2.75) is 31.7 Å². The van der Waals surface area contributed by atoms with Gasteiger partial charge in [0.1, 0.15) is 4.90 Å². The summed E-state index contributed by atoms with van der Waals surface area (Å²) < 4.78 is 28.7. The second kappa shape index (κ2) is 6.60. The molecular weight excluding hydrogens is 310 g/mol. The van der Waals surface area contributed by atoms with Gasteiger partial charge in [0, 0.05) is 18.1 Å². The van der Waals surface area contributed by atoms with E-state index in [1.54, 1.807) is 23.7 Å². The van der Waals surface area contributed by atoms with Crippen molar-refractivity contribution in [1.82, 2.24) is 14.5 Å². The van der Waals surface area contributed by atoms with Gasteiger partial charge in [0.2, 0.25) is 10.0 Å². The average Bonchev–Trinajstić information content (AvgIpc) is 2.82. The minimum Gasteiger partial charge on any atom is -0.269 e. The Labute approximate surface area is 130 Å². The topological polar surface area (TPSA) is 64.0 Å². The highest BCUT2D eigenvalue weighted by atomic mass is 35.5. The number of hydrogen-bond acceptors (Lipinski definition) is 3. The van der Waals surface area contributed by atoms with Crippen LogP contribution in [0.5, 0.6) is 0 Å². The Kier molecular flexibility index (Phi) is 5.03. The van der Waals surface area contributed by atoms with E-state index in [2.05, 4.69) is 9.82 Å². The van der Waals surface area contributed by atoms with Gasteiger partial charge < -0.3 is 0 Å². The molecule has 7 heteroatoms. The van der Waals surface area contributed by atoms with E-state index in [4.69, 9.17) is 11.6 Å². The van der Waals surface area contributed by atoms with Crippen LogP contribution in [-0.4, -0.2) is 24.7 Å². The van der Waals surface area contributed by atoms with E-state index >= 15 is 0 Å².